The molecule has 156 valence electrons. The Bertz CT molecular complexity index is 1060. The fraction of sp³-hybridized carbons (Fsp3) is 0.357. The molecule has 1 fully saturated rings. The standard InChI is InChI=1S/C14H16N6O7S2/c1-27-18-9(7-5-28-14(15)17-7)11(21)16-6-3-19-4-8(29(2,25)26)10(13(23)24)20(19)12(6)22/h5-6H,3-4H2,1-2H3,(H2,15,17)(H,16,21)(H,23,24)/b18-9-. The average molecular weight is 444 g/mol. The van der Waals surface area contributed by atoms with Crippen LogP contribution in [0.4, 0.5) is 5.13 Å². The summed E-state index contributed by atoms with van der Waals surface area (Å²) in [5.74, 6) is -3.14. The Morgan fingerprint density at radius 1 is 1.48 bits per heavy atom. The number of nitrogens with one attached hydrogen (secondary N) is 1. The Labute approximate surface area is 168 Å². The number of carboxylic acids is 1. The minimum atomic E-state index is -3.84. The summed E-state index contributed by atoms with van der Waals surface area (Å²) < 4.78 is 23.7. The van der Waals surface area contributed by atoms with Crippen molar-refractivity contribution in [3.63, 3.8) is 0 Å². The Balaban J connectivity index is 1.84. The highest BCUT2D eigenvalue weighted by atomic mass is 32.2. The summed E-state index contributed by atoms with van der Waals surface area (Å²) >= 11 is 1.08. The molecule has 0 radical (unpaired) electrons. The second kappa shape index (κ2) is 7.41. The first-order valence-electron chi connectivity index (χ1n) is 7.93. The van der Waals surface area contributed by atoms with Gasteiger partial charge in [-0.15, -0.1) is 11.3 Å². The molecule has 13 nitrogen and oxygen atoms in total. The van der Waals surface area contributed by atoms with Crippen molar-refractivity contribution in [1.29, 1.82) is 0 Å². The van der Waals surface area contributed by atoms with Crippen molar-refractivity contribution < 1.29 is 32.7 Å². The van der Waals surface area contributed by atoms with E-state index in [-0.39, 0.29) is 34.5 Å². The van der Waals surface area contributed by atoms with Gasteiger partial charge in [0.1, 0.15) is 18.8 Å². The molecule has 4 N–H and O–H groups in total. The number of amides is 2. The van der Waals surface area contributed by atoms with Crippen LogP contribution in [0.25, 0.3) is 0 Å². The van der Waals surface area contributed by atoms with E-state index in [2.05, 4.69) is 20.3 Å². The molecule has 1 saturated heterocycles. The van der Waals surface area contributed by atoms with Gasteiger partial charge in [0, 0.05) is 18.2 Å². The molecule has 3 rings (SSSR count). The zero-order valence-corrected chi connectivity index (χ0v) is 16.8. The number of hydrazine groups is 1. The maximum atomic E-state index is 12.7. The van der Waals surface area contributed by atoms with Gasteiger partial charge in [-0.3, -0.25) is 9.59 Å². The zero-order valence-electron chi connectivity index (χ0n) is 15.1. The number of hydrogen-bond donors (Lipinski definition) is 3. The molecule has 3 heterocycles. The summed E-state index contributed by atoms with van der Waals surface area (Å²) in [6.45, 7) is -0.417. The zero-order chi connectivity index (χ0) is 21.5. The molecule has 0 bridgehead atoms. The molecular formula is C14H16N6O7S2. The summed E-state index contributed by atoms with van der Waals surface area (Å²) in [6, 6.07) is -1.13. The molecule has 2 aliphatic rings. The molecule has 1 aromatic heterocycles. The Kier molecular flexibility index (Phi) is 5.29. The number of sulfone groups is 1. The van der Waals surface area contributed by atoms with Crippen LogP contribution in [0.15, 0.2) is 21.1 Å². The number of oxime groups is 1. The number of nitrogens with zero attached hydrogens (tertiary/aromatic N) is 4. The molecule has 0 aromatic carbocycles. The predicted molar refractivity (Wildman–Crippen MR) is 99.9 cm³/mol. The second-order valence-electron chi connectivity index (χ2n) is 6.07. The molecule has 0 saturated carbocycles. The summed E-state index contributed by atoms with van der Waals surface area (Å²) in [4.78, 5) is 45.1. The van der Waals surface area contributed by atoms with Gasteiger partial charge in [0.05, 0.1) is 11.4 Å². The number of rotatable bonds is 6. The van der Waals surface area contributed by atoms with Crippen LogP contribution < -0.4 is 11.1 Å². The van der Waals surface area contributed by atoms with E-state index >= 15 is 0 Å². The van der Waals surface area contributed by atoms with Gasteiger partial charge < -0.3 is 21.0 Å². The Morgan fingerprint density at radius 3 is 2.69 bits per heavy atom. The van der Waals surface area contributed by atoms with Crippen LogP contribution in [0, 0.1) is 0 Å². The molecule has 0 spiro atoms. The lowest BCUT2D eigenvalue weighted by atomic mass is 10.2. The molecule has 2 amide bonds. The molecule has 15 heteroatoms. The van der Waals surface area contributed by atoms with Crippen molar-refractivity contribution in [3.8, 4) is 0 Å². The molecule has 0 aliphatic carbocycles. The molecule has 1 atom stereocenters. The van der Waals surface area contributed by atoms with Crippen LogP contribution in [0.5, 0.6) is 0 Å². The topological polar surface area (TPSA) is 185 Å². The highest BCUT2D eigenvalue weighted by Gasteiger charge is 2.50. The summed E-state index contributed by atoms with van der Waals surface area (Å²) in [5, 5.41) is 19.1. The summed E-state index contributed by atoms with van der Waals surface area (Å²) in [7, 11) is -2.61. The van der Waals surface area contributed by atoms with Crippen LogP contribution in [0.1, 0.15) is 5.69 Å². The van der Waals surface area contributed by atoms with Crippen molar-refractivity contribution in [2.24, 2.45) is 5.16 Å². The van der Waals surface area contributed by atoms with E-state index in [4.69, 9.17) is 5.73 Å². The number of hydrogen-bond acceptors (Lipinski definition) is 11. The number of thiazole rings is 1. The number of carboxylic acid groups (broad SMARTS) is 1. The number of aliphatic carboxylic acids is 1. The van der Waals surface area contributed by atoms with Crippen molar-refractivity contribution in [2.75, 3.05) is 32.2 Å². The normalized spacial score (nSPS) is 20.2. The van der Waals surface area contributed by atoms with Crippen LogP contribution in [0.2, 0.25) is 0 Å². The van der Waals surface area contributed by atoms with Crippen molar-refractivity contribution in [3.05, 3.63) is 21.7 Å². The van der Waals surface area contributed by atoms with Crippen LogP contribution >= 0.6 is 11.3 Å². The Morgan fingerprint density at radius 2 is 2.17 bits per heavy atom. The van der Waals surface area contributed by atoms with Gasteiger partial charge in [-0.1, -0.05) is 5.16 Å². The third-order valence-electron chi connectivity index (χ3n) is 4.10. The smallest absolute Gasteiger partial charge is 0.355 e. The van der Waals surface area contributed by atoms with E-state index in [1.54, 1.807) is 0 Å². The number of fused-ring (bicyclic) bond motifs is 1. The van der Waals surface area contributed by atoms with E-state index in [1.807, 2.05) is 0 Å². The summed E-state index contributed by atoms with van der Waals surface area (Å²) in [5.41, 5.74) is 4.83. The number of anilines is 1. The van der Waals surface area contributed by atoms with Gasteiger partial charge in [0.15, 0.2) is 26.4 Å². The third-order valence-corrected chi connectivity index (χ3v) is 5.99. The number of nitrogen functional groups attached to an aromatic ring is 1. The fourth-order valence-electron chi connectivity index (χ4n) is 2.93. The largest absolute Gasteiger partial charge is 0.476 e. The number of carbonyl (C=O) groups is 3. The summed E-state index contributed by atoms with van der Waals surface area (Å²) in [6.07, 6.45) is 0.866. The fourth-order valence-corrected chi connectivity index (χ4v) is 4.39. The van der Waals surface area contributed by atoms with Gasteiger partial charge in [-0.05, 0) is 0 Å². The quantitative estimate of drug-likeness (QED) is 0.326. The number of nitrogens with two attached hydrogens (primary N) is 1. The molecule has 2 aliphatic heterocycles. The monoisotopic (exact) mass is 444 g/mol. The first-order valence-corrected chi connectivity index (χ1v) is 10.7. The first kappa shape index (κ1) is 20.7. The number of aromatic nitrogens is 1. The minimum Gasteiger partial charge on any atom is -0.476 e. The first-order chi connectivity index (χ1) is 13.5. The van der Waals surface area contributed by atoms with E-state index in [0.29, 0.717) is 0 Å². The van der Waals surface area contributed by atoms with Gasteiger partial charge >= 0.3 is 5.97 Å². The SMILES string of the molecule is CO/N=C(\C(=O)NC1CN2CC(S(C)(=O)=O)=C(C(=O)O)N2C1=O)c1csc(N)n1. The van der Waals surface area contributed by atoms with Crippen LogP contribution in [0.3, 0.4) is 0 Å². The van der Waals surface area contributed by atoms with Gasteiger partial charge in [-0.2, -0.15) is 0 Å². The van der Waals surface area contributed by atoms with E-state index in [0.717, 1.165) is 22.6 Å². The van der Waals surface area contributed by atoms with Crippen molar-refractivity contribution >= 4 is 49.8 Å². The van der Waals surface area contributed by atoms with Gasteiger partial charge in [0.25, 0.3) is 11.8 Å². The maximum Gasteiger partial charge on any atom is 0.355 e. The lowest BCUT2D eigenvalue weighted by molar-refractivity contribution is -0.143. The lowest BCUT2D eigenvalue weighted by Crippen LogP contribution is -2.46. The van der Waals surface area contributed by atoms with Crippen LogP contribution in [-0.4, -0.2) is 84.5 Å². The number of carbonyl (C=O) groups excluding carboxylic acids is 2. The average Bonchev–Trinajstić information content (AvgIpc) is 3.28. The Hall–Kier alpha value is -3.04. The highest BCUT2D eigenvalue weighted by molar-refractivity contribution is 7.94. The third kappa shape index (κ3) is 3.79. The molecule has 29 heavy (non-hydrogen) atoms. The maximum absolute atomic E-state index is 12.7. The minimum absolute atomic E-state index is 0.125. The molecule has 1 aromatic rings. The van der Waals surface area contributed by atoms with Gasteiger partial charge in [-0.25, -0.2) is 28.2 Å². The van der Waals surface area contributed by atoms with E-state index in [1.165, 1.54) is 17.5 Å². The van der Waals surface area contributed by atoms with Crippen LogP contribution in [-0.2, 0) is 29.1 Å². The van der Waals surface area contributed by atoms with Gasteiger partial charge in [0.2, 0.25) is 0 Å². The molecular weight excluding hydrogens is 428 g/mol. The van der Waals surface area contributed by atoms with E-state index in [9.17, 15) is 27.9 Å². The van der Waals surface area contributed by atoms with E-state index < -0.39 is 39.4 Å². The van der Waals surface area contributed by atoms with Crippen molar-refractivity contribution in [2.45, 2.75) is 6.04 Å². The molecule has 1 unspecified atom stereocenters. The lowest BCUT2D eigenvalue weighted by Gasteiger charge is -2.18. The highest BCUT2D eigenvalue weighted by Crippen LogP contribution is 2.31. The second-order valence-corrected chi connectivity index (χ2v) is 8.99. The predicted octanol–water partition coefficient (Wildman–Crippen LogP) is -2.03. The van der Waals surface area contributed by atoms with Crippen molar-refractivity contribution in [1.82, 2.24) is 20.3 Å².